The molecule has 0 saturated heterocycles. The zero-order valence-electron chi connectivity index (χ0n) is 3.23. The zero-order valence-corrected chi connectivity index (χ0v) is 3.23. The Morgan fingerprint density at radius 1 is 1.60 bits per heavy atom. The van der Waals surface area contributed by atoms with E-state index in [0.29, 0.717) is 0 Å². The van der Waals surface area contributed by atoms with Crippen molar-refractivity contribution in [2.75, 3.05) is 0 Å². The Hall–Kier alpha value is -0.500. The number of nitrogens with two attached hydrogens (primary N) is 1. The van der Waals surface area contributed by atoms with E-state index in [-0.39, 0.29) is 5.48 Å². The minimum atomic E-state index is 0. The second-order valence-corrected chi connectivity index (χ2v) is 0.526. The molecule has 0 spiro atoms. The first-order chi connectivity index (χ1) is 1.91. The smallest absolute Gasteiger partial charge is 0.0106 e. The maximum absolute atomic E-state index is 4.85. The Bertz CT molecular complexity index is 22.1. The van der Waals surface area contributed by atoms with Crippen molar-refractivity contribution in [2.24, 2.45) is 5.73 Å². The van der Waals surface area contributed by atoms with Crippen LogP contribution in [-0.4, -0.2) is 5.48 Å². The summed E-state index contributed by atoms with van der Waals surface area (Å²) >= 11 is 0. The highest BCUT2D eigenvalue weighted by Gasteiger charge is 1.32. The highest BCUT2D eigenvalue weighted by Crippen LogP contribution is 1.47. The molecule has 0 aliphatic carbocycles. The van der Waals surface area contributed by atoms with Crippen molar-refractivity contribution in [3.63, 3.8) is 0 Å². The average molecular weight is 75.1 g/mol. The third kappa shape index (κ3) is 31.5. The summed E-state index contributed by atoms with van der Waals surface area (Å²) in [6.07, 6.45) is 3.28. The molecule has 0 aliphatic rings. The highest BCUT2D eigenvalue weighted by atomic mass is 16.0. The van der Waals surface area contributed by atoms with E-state index in [2.05, 4.69) is 0 Å². The molecule has 0 saturated carbocycles. The molecule has 0 atom stereocenters. The fourth-order valence-corrected chi connectivity index (χ4v) is 0. The van der Waals surface area contributed by atoms with E-state index in [1.54, 1.807) is 6.08 Å². The van der Waals surface area contributed by atoms with Gasteiger partial charge in [-0.25, -0.2) is 0 Å². The van der Waals surface area contributed by atoms with Gasteiger partial charge in [-0.1, -0.05) is 6.08 Å². The van der Waals surface area contributed by atoms with E-state index in [9.17, 15) is 0 Å². The van der Waals surface area contributed by atoms with Gasteiger partial charge in [-0.2, -0.15) is 0 Å². The highest BCUT2D eigenvalue weighted by molar-refractivity contribution is 4.66. The van der Waals surface area contributed by atoms with Gasteiger partial charge in [0.1, 0.15) is 0 Å². The van der Waals surface area contributed by atoms with Gasteiger partial charge in [0.05, 0.1) is 0 Å². The summed E-state index contributed by atoms with van der Waals surface area (Å²) < 4.78 is 0. The second kappa shape index (κ2) is 9.72. The van der Waals surface area contributed by atoms with Crippen LogP contribution in [0.5, 0.6) is 0 Å². The molecule has 0 unspecified atom stereocenters. The first kappa shape index (κ1) is 8.82. The summed E-state index contributed by atoms with van der Waals surface area (Å²) in [5, 5.41) is 0. The number of hydrogen-bond acceptors (Lipinski definition) is 1. The lowest BCUT2D eigenvalue weighted by Crippen LogP contribution is -1.70. The molecule has 2 nitrogen and oxygen atoms in total. The van der Waals surface area contributed by atoms with Crippen molar-refractivity contribution in [3.8, 4) is 0 Å². The fraction of sp³-hybridized carbons (Fsp3) is 0.333. The summed E-state index contributed by atoms with van der Waals surface area (Å²) in [7, 11) is 0. The summed E-state index contributed by atoms with van der Waals surface area (Å²) in [4.78, 5) is 0. The van der Waals surface area contributed by atoms with Crippen LogP contribution in [-0.2, 0) is 0 Å². The van der Waals surface area contributed by atoms with Crippen LogP contribution in [0.25, 0.3) is 0 Å². The van der Waals surface area contributed by atoms with Crippen LogP contribution in [0.1, 0.15) is 6.92 Å². The second-order valence-electron chi connectivity index (χ2n) is 0.526. The molecule has 4 N–H and O–H groups in total. The predicted molar refractivity (Wildman–Crippen MR) is 22.6 cm³/mol. The van der Waals surface area contributed by atoms with Crippen molar-refractivity contribution in [1.29, 1.82) is 0 Å². The van der Waals surface area contributed by atoms with Crippen molar-refractivity contribution in [1.82, 2.24) is 0 Å². The Balaban J connectivity index is 0. The van der Waals surface area contributed by atoms with Crippen LogP contribution in [0.15, 0.2) is 12.3 Å². The Morgan fingerprint density at radius 2 is 1.80 bits per heavy atom. The van der Waals surface area contributed by atoms with Crippen LogP contribution in [0.3, 0.4) is 0 Å². The lowest BCUT2D eigenvalue weighted by molar-refractivity contribution is 0.824. The maximum Gasteiger partial charge on any atom is -0.0106 e. The molecule has 2 heteroatoms. The van der Waals surface area contributed by atoms with Crippen molar-refractivity contribution < 1.29 is 5.48 Å². The van der Waals surface area contributed by atoms with Gasteiger partial charge in [-0.05, 0) is 13.1 Å². The van der Waals surface area contributed by atoms with E-state index >= 15 is 0 Å². The van der Waals surface area contributed by atoms with Gasteiger partial charge in [-0.3, -0.25) is 0 Å². The zero-order chi connectivity index (χ0) is 3.41. The normalized spacial score (nSPS) is 7.40. The van der Waals surface area contributed by atoms with E-state index < -0.39 is 0 Å². The maximum atomic E-state index is 4.85. The van der Waals surface area contributed by atoms with Crippen molar-refractivity contribution in [3.05, 3.63) is 12.3 Å². The van der Waals surface area contributed by atoms with Crippen molar-refractivity contribution in [2.45, 2.75) is 6.92 Å². The molecule has 0 radical (unpaired) electrons. The Kier molecular flexibility index (Phi) is 17.1. The quantitative estimate of drug-likeness (QED) is 0.420. The lowest BCUT2D eigenvalue weighted by Gasteiger charge is -1.53. The molecule has 5 heavy (non-hydrogen) atoms. The predicted octanol–water partition coefficient (Wildman–Crippen LogP) is -0.346. The van der Waals surface area contributed by atoms with E-state index in [1.807, 2.05) is 6.92 Å². The molecule has 0 aromatic rings. The molecule has 0 aliphatic heterocycles. The van der Waals surface area contributed by atoms with E-state index in [1.165, 1.54) is 6.20 Å². The number of hydrogen-bond donors (Lipinski definition) is 1. The van der Waals surface area contributed by atoms with Crippen LogP contribution in [0.2, 0.25) is 0 Å². The van der Waals surface area contributed by atoms with Gasteiger partial charge in [0, 0.05) is 0 Å². The third-order valence-corrected chi connectivity index (χ3v) is 0.192. The summed E-state index contributed by atoms with van der Waals surface area (Å²) in [6, 6.07) is 0. The molecular weight excluding hydrogens is 66.0 g/mol. The van der Waals surface area contributed by atoms with Gasteiger partial charge < -0.3 is 11.2 Å². The summed E-state index contributed by atoms with van der Waals surface area (Å²) in [6.45, 7) is 1.88. The minimum Gasteiger partial charge on any atom is -0.412 e. The molecule has 0 bridgehead atoms. The minimum absolute atomic E-state index is 0. The molecule has 0 rings (SSSR count). The van der Waals surface area contributed by atoms with E-state index in [4.69, 9.17) is 5.73 Å². The van der Waals surface area contributed by atoms with Crippen molar-refractivity contribution >= 4 is 0 Å². The molecular formula is C3H9NO. The first-order valence-electron chi connectivity index (χ1n) is 1.24. The summed E-state index contributed by atoms with van der Waals surface area (Å²) in [5.74, 6) is 0. The SMILES string of the molecule is CC=CN.O. The fourth-order valence-electron chi connectivity index (χ4n) is 0. The van der Waals surface area contributed by atoms with Gasteiger partial charge in [0.25, 0.3) is 0 Å². The van der Waals surface area contributed by atoms with Gasteiger partial charge in [0.2, 0.25) is 0 Å². The molecule has 0 aromatic heterocycles. The third-order valence-electron chi connectivity index (χ3n) is 0.192. The lowest BCUT2D eigenvalue weighted by atomic mass is 10.7. The number of rotatable bonds is 0. The molecule has 32 valence electrons. The molecule has 0 aromatic carbocycles. The Labute approximate surface area is 31.6 Å². The average Bonchev–Trinajstić information content (AvgIpc) is 1.37. The van der Waals surface area contributed by atoms with Gasteiger partial charge in [0.15, 0.2) is 0 Å². The van der Waals surface area contributed by atoms with Gasteiger partial charge in [-0.15, -0.1) is 0 Å². The van der Waals surface area contributed by atoms with Crippen LogP contribution in [0.4, 0.5) is 0 Å². The largest absolute Gasteiger partial charge is 0.412 e. The molecule has 0 fully saturated rings. The van der Waals surface area contributed by atoms with Gasteiger partial charge >= 0.3 is 0 Å². The van der Waals surface area contributed by atoms with Crippen LogP contribution in [0, 0.1) is 0 Å². The van der Waals surface area contributed by atoms with Crippen LogP contribution < -0.4 is 5.73 Å². The topological polar surface area (TPSA) is 57.5 Å². The van der Waals surface area contributed by atoms with Crippen LogP contribution >= 0.6 is 0 Å². The standard InChI is InChI=1S/C3H7N.H2O/c1-2-3-4;/h2-3H,4H2,1H3;1H2. The summed E-state index contributed by atoms with van der Waals surface area (Å²) in [5.41, 5.74) is 4.85. The molecule has 0 amide bonds. The first-order valence-corrected chi connectivity index (χ1v) is 1.24. The number of allylic oxidation sites excluding steroid dienone is 1. The molecule has 0 heterocycles. The monoisotopic (exact) mass is 75.1 g/mol. The van der Waals surface area contributed by atoms with E-state index in [0.717, 1.165) is 0 Å². The Morgan fingerprint density at radius 3 is 1.80 bits per heavy atom.